The van der Waals surface area contributed by atoms with Crippen LogP contribution in [-0.4, -0.2) is 79.5 Å². The van der Waals surface area contributed by atoms with Gasteiger partial charge in [0.2, 0.25) is 6.41 Å². The van der Waals surface area contributed by atoms with Gasteiger partial charge in [0, 0.05) is 69.8 Å². The van der Waals surface area contributed by atoms with E-state index in [0.29, 0.717) is 31.7 Å². The molecule has 0 unspecified atom stereocenters. The standard InChI is InChI=1S/C22H27N5O2/c1-18-3-2-4-20(15-18)25-11-13-27(14-12-25)22(29)19-5-6-23-21(16-19)26-9-7-24(17-28)8-10-26/h2-6,15-17H,7-14H2,1H3. The van der Waals surface area contributed by atoms with Gasteiger partial charge in [-0.2, -0.15) is 0 Å². The number of rotatable bonds is 4. The number of nitrogens with zero attached hydrogens (tertiary/aromatic N) is 5. The van der Waals surface area contributed by atoms with Crippen molar-refractivity contribution in [3.05, 3.63) is 53.7 Å². The lowest BCUT2D eigenvalue weighted by atomic mass is 10.1. The number of benzene rings is 1. The molecule has 7 nitrogen and oxygen atoms in total. The molecule has 29 heavy (non-hydrogen) atoms. The number of hydrogen-bond acceptors (Lipinski definition) is 5. The van der Waals surface area contributed by atoms with Crippen molar-refractivity contribution < 1.29 is 9.59 Å². The molecular weight excluding hydrogens is 366 g/mol. The zero-order valence-electron chi connectivity index (χ0n) is 16.8. The van der Waals surface area contributed by atoms with Crippen LogP contribution in [0.2, 0.25) is 0 Å². The third kappa shape index (κ3) is 4.34. The second-order valence-corrected chi connectivity index (χ2v) is 7.65. The van der Waals surface area contributed by atoms with E-state index in [-0.39, 0.29) is 5.91 Å². The molecule has 2 amide bonds. The van der Waals surface area contributed by atoms with Crippen molar-refractivity contribution in [3.8, 4) is 0 Å². The lowest BCUT2D eigenvalue weighted by molar-refractivity contribution is -0.118. The molecule has 0 spiro atoms. The number of aryl methyl sites for hydroxylation is 1. The molecule has 0 N–H and O–H groups in total. The molecule has 0 radical (unpaired) electrons. The van der Waals surface area contributed by atoms with Gasteiger partial charge in [0.1, 0.15) is 5.82 Å². The van der Waals surface area contributed by atoms with Crippen LogP contribution in [0.25, 0.3) is 0 Å². The highest BCUT2D eigenvalue weighted by atomic mass is 16.2. The number of amides is 2. The molecule has 2 aliphatic heterocycles. The Bertz CT molecular complexity index is 871. The summed E-state index contributed by atoms with van der Waals surface area (Å²) in [6, 6.07) is 12.2. The maximum absolute atomic E-state index is 13.0. The molecule has 0 saturated carbocycles. The first kappa shape index (κ1) is 19.2. The molecular formula is C22H27N5O2. The minimum Gasteiger partial charge on any atom is -0.368 e. The van der Waals surface area contributed by atoms with Gasteiger partial charge in [0.15, 0.2) is 0 Å². The second kappa shape index (κ2) is 8.51. The van der Waals surface area contributed by atoms with Crippen molar-refractivity contribution in [1.29, 1.82) is 0 Å². The minimum absolute atomic E-state index is 0.0593. The molecule has 2 aromatic rings. The quantitative estimate of drug-likeness (QED) is 0.739. The predicted molar refractivity (Wildman–Crippen MR) is 113 cm³/mol. The van der Waals surface area contributed by atoms with Gasteiger partial charge in [-0.05, 0) is 36.8 Å². The van der Waals surface area contributed by atoms with Crippen LogP contribution in [0.15, 0.2) is 42.6 Å². The molecule has 2 saturated heterocycles. The largest absolute Gasteiger partial charge is 0.368 e. The third-order valence-corrected chi connectivity index (χ3v) is 5.71. The molecule has 0 bridgehead atoms. The maximum Gasteiger partial charge on any atom is 0.254 e. The molecule has 1 aromatic carbocycles. The van der Waals surface area contributed by atoms with Gasteiger partial charge in [0.05, 0.1) is 0 Å². The normalized spacial score (nSPS) is 17.4. The van der Waals surface area contributed by atoms with Crippen LogP contribution < -0.4 is 9.80 Å². The van der Waals surface area contributed by atoms with E-state index in [0.717, 1.165) is 38.4 Å². The molecule has 2 aliphatic rings. The lowest BCUT2D eigenvalue weighted by Gasteiger charge is -2.36. The summed E-state index contributed by atoms with van der Waals surface area (Å²) in [5, 5.41) is 0. The molecule has 7 heteroatoms. The number of carbonyl (C=O) groups is 2. The summed E-state index contributed by atoms with van der Waals surface area (Å²) in [6.45, 7) is 8.03. The lowest BCUT2D eigenvalue weighted by Crippen LogP contribution is -2.49. The summed E-state index contributed by atoms with van der Waals surface area (Å²) in [5.74, 6) is 0.865. The average molecular weight is 393 g/mol. The SMILES string of the molecule is Cc1cccc(N2CCN(C(=O)c3ccnc(N4CCN(C=O)CC4)c3)CC2)c1. The number of aromatic nitrogens is 1. The van der Waals surface area contributed by atoms with Crippen LogP contribution in [0.1, 0.15) is 15.9 Å². The fourth-order valence-electron chi connectivity index (χ4n) is 3.96. The Hall–Kier alpha value is -3.09. The van der Waals surface area contributed by atoms with Gasteiger partial charge in [-0.15, -0.1) is 0 Å². The summed E-state index contributed by atoms with van der Waals surface area (Å²) in [6.07, 6.45) is 2.60. The highest BCUT2D eigenvalue weighted by Gasteiger charge is 2.24. The number of anilines is 2. The minimum atomic E-state index is 0.0593. The van der Waals surface area contributed by atoms with Gasteiger partial charge in [-0.25, -0.2) is 4.98 Å². The van der Waals surface area contributed by atoms with Crippen LogP contribution >= 0.6 is 0 Å². The number of pyridine rings is 1. The van der Waals surface area contributed by atoms with Gasteiger partial charge in [-0.1, -0.05) is 12.1 Å². The molecule has 1 aromatic heterocycles. The average Bonchev–Trinajstić information content (AvgIpc) is 2.79. The Labute approximate surface area is 171 Å². The summed E-state index contributed by atoms with van der Waals surface area (Å²) < 4.78 is 0. The van der Waals surface area contributed by atoms with Crippen LogP contribution in [0.5, 0.6) is 0 Å². The Balaban J connectivity index is 1.38. The highest BCUT2D eigenvalue weighted by molar-refractivity contribution is 5.95. The third-order valence-electron chi connectivity index (χ3n) is 5.71. The van der Waals surface area contributed by atoms with Gasteiger partial charge in [-0.3, -0.25) is 9.59 Å². The first-order valence-corrected chi connectivity index (χ1v) is 10.2. The van der Waals surface area contributed by atoms with Crippen LogP contribution in [0, 0.1) is 6.92 Å². The van der Waals surface area contributed by atoms with Crippen molar-refractivity contribution in [2.75, 3.05) is 62.2 Å². The van der Waals surface area contributed by atoms with Crippen molar-refractivity contribution in [1.82, 2.24) is 14.8 Å². The Morgan fingerprint density at radius 2 is 1.66 bits per heavy atom. The van der Waals surface area contributed by atoms with E-state index < -0.39 is 0 Å². The Kier molecular flexibility index (Phi) is 5.64. The second-order valence-electron chi connectivity index (χ2n) is 7.65. The maximum atomic E-state index is 13.0. The summed E-state index contributed by atoms with van der Waals surface area (Å²) in [5.41, 5.74) is 3.15. The van der Waals surface area contributed by atoms with E-state index in [9.17, 15) is 9.59 Å². The predicted octanol–water partition coefficient (Wildman–Crippen LogP) is 1.63. The monoisotopic (exact) mass is 393 g/mol. The number of hydrogen-bond donors (Lipinski definition) is 0. The van der Waals surface area contributed by atoms with Crippen molar-refractivity contribution in [2.45, 2.75) is 6.92 Å². The summed E-state index contributed by atoms with van der Waals surface area (Å²) in [4.78, 5) is 36.5. The van der Waals surface area contributed by atoms with Crippen LogP contribution in [-0.2, 0) is 4.79 Å². The van der Waals surface area contributed by atoms with Gasteiger partial charge < -0.3 is 19.6 Å². The van der Waals surface area contributed by atoms with Crippen molar-refractivity contribution >= 4 is 23.8 Å². The first-order valence-electron chi connectivity index (χ1n) is 10.2. The van der Waals surface area contributed by atoms with Crippen molar-refractivity contribution in [3.63, 3.8) is 0 Å². The summed E-state index contributed by atoms with van der Waals surface area (Å²) >= 11 is 0. The van der Waals surface area contributed by atoms with Crippen molar-refractivity contribution in [2.24, 2.45) is 0 Å². The fourth-order valence-corrected chi connectivity index (χ4v) is 3.96. The van der Waals surface area contributed by atoms with E-state index in [2.05, 4.69) is 46.0 Å². The molecule has 0 aliphatic carbocycles. The molecule has 3 heterocycles. The van der Waals surface area contributed by atoms with E-state index in [1.165, 1.54) is 11.3 Å². The van der Waals surface area contributed by atoms with E-state index >= 15 is 0 Å². The van der Waals surface area contributed by atoms with E-state index in [1.54, 1.807) is 17.2 Å². The van der Waals surface area contributed by atoms with E-state index in [1.807, 2.05) is 11.0 Å². The highest BCUT2D eigenvalue weighted by Crippen LogP contribution is 2.20. The molecule has 152 valence electrons. The van der Waals surface area contributed by atoms with Gasteiger partial charge >= 0.3 is 0 Å². The van der Waals surface area contributed by atoms with Gasteiger partial charge in [0.25, 0.3) is 5.91 Å². The Morgan fingerprint density at radius 3 is 2.34 bits per heavy atom. The zero-order valence-corrected chi connectivity index (χ0v) is 16.8. The molecule has 2 fully saturated rings. The van der Waals surface area contributed by atoms with Crippen LogP contribution in [0.3, 0.4) is 0 Å². The first-order chi connectivity index (χ1) is 14.1. The molecule has 0 atom stereocenters. The van der Waals surface area contributed by atoms with Crippen LogP contribution in [0.4, 0.5) is 11.5 Å². The Morgan fingerprint density at radius 1 is 0.931 bits per heavy atom. The topological polar surface area (TPSA) is 60.0 Å². The molecule has 4 rings (SSSR count). The smallest absolute Gasteiger partial charge is 0.254 e. The number of piperazine rings is 2. The fraction of sp³-hybridized carbons (Fsp3) is 0.409. The van der Waals surface area contributed by atoms with E-state index in [4.69, 9.17) is 0 Å². The zero-order chi connectivity index (χ0) is 20.2. The summed E-state index contributed by atoms with van der Waals surface area (Å²) in [7, 11) is 0. The number of carbonyl (C=O) groups excluding carboxylic acids is 2.